The summed E-state index contributed by atoms with van der Waals surface area (Å²) >= 11 is 0. The zero-order valence-electron chi connectivity index (χ0n) is 9.61. The molecular weight excluding hydrogens is 269 g/mol. The molecule has 2 rings (SSSR count). The van der Waals surface area contributed by atoms with Crippen molar-refractivity contribution in [3.63, 3.8) is 0 Å². The lowest BCUT2D eigenvalue weighted by molar-refractivity contribution is -0.193. The number of nitrogens with one attached hydrogen (secondary N) is 1. The van der Waals surface area contributed by atoms with Gasteiger partial charge in [-0.2, -0.15) is 13.2 Å². The van der Waals surface area contributed by atoms with Crippen molar-refractivity contribution >= 4 is 17.8 Å². The van der Waals surface area contributed by atoms with E-state index in [-0.39, 0.29) is 25.4 Å². The van der Waals surface area contributed by atoms with E-state index in [0.29, 0.717) is 4.90 Å². The number of halogens is 3. The molecule has 0 aromatic carbocycles. The van der Waals surface area contributed by atoms with Crippen molar-refractivity contribution < 1.29 is 32.7 Å². The predicted molar refractivity (Wildman–Crippen MR) is 53.8 cm³/mol. The van der Waals surface area contributed by atoms with Crippen LogP contribution in [0, 0.1) is 11.8 Å². The third-order valence-corrected chi connectivity index (χ3v) is 3.54. The van der Waals surface area contributed by atoms with Gasteiger partial charge >= 0.3 is 18.1 Å². The number of hydrogen-bond acceptors (Lipinski definition) is 3. The average molecular weight is 280 g/mol. The molecule has 0 saturated carbocycles. The number of carboxylic acid groups (broad SMARTS) is 1. The van der Waals surface area contributed by atoms with Gasteiger partial charge in [0.25, 0.3) is 0 Å². The van der Waals surface area contributed by atoms with E-state index in [1.807, 2.05) is 0 Å². The molecule has 2 amide bonds. The Hall–Kier alpha value is -1.80. The molecule has 3 unspecified atom stereocenters. The van der Waals surface area contributed by atoms with Crippen LogP contribution >= 0.6 is 0 Å². The fourth-order valence-electron chi connectivity index (χ4n) is 2.72. The summed E-state index contributed by atoms with van der Waals surface area (Å²) in [6, 6.07) is -1.62. The first kappa shape index (κ1) is 13.6. The summed E-state index contributed by atoms with van der Waals surface area (Å²) in [6.45, 7) is -0.411. The Morgan fingerprint density at radius 3 is 2.53 bits per heavy atom. The van der Waals surface area contributed by atoms with Gasteiger partial charge in [-0.25, -0.2) is 4.79 Å². The van der Waals surface area contributed by atoms with Crippen LogP contribution in [0.25, 0.3) is 0 Å². The molecule has 106 valence electrons. The van der Waals surface area contributed by atoms with Crippen molar-refractivity contribution in [3.8, 4) is 0 Å². The smallest absolute Gasteiger partial charge is 0.471 e. The summed E-state index contributed by atoms with van der Waals surface area (Å²) in [6.07, 6.45) is -5.07. The number of carboxylic acids is 1. The van der Waals surface area contributed by atoms with E-state index in [1.54, 1.807) is 0 Å². The molecule has 0 aromatic rings. The second-order valence-corrected chi connectivity index (χ2v) is 4.58. The van der Waals surface area contributed by atoms with Crippen LogP contribution in [-0.4, -0.2) is 53.1 Å². The largest absolute Gasteiger partial charge is 0.480 e. The third kappa shape index (κ3) is 2.24. The third-order valence-electron chi connectivity index (χ3n) is 3.54. The van der Waals surface area contributed by atoms with E-state index in [2.05, 4.69) is 5.32 Å². The zero-order chi connectivity index (χ0) is 14.4. The Labute approximate surface area is 105 Å². The van der Waals surface area contributed by atoms with Gasteiger partial charge < -0.3 is 15.3 Å². The highest BCUT2D eigenvalue weighted by atomic mass is 19.4. The Morgan fingerprint density at radius 2 is 2.00 bits per heavy atom. The van der Waals surface area contributed by atoms with Crippen LogP contribution in [0.2, 0.25) is 0 Å². The number of aliphatic carboxylic acids is 1. The fraction of sp³-hybridized carbons (Fsp3) is 0.700. The van der Waals surface area contributed by atoms with Crippen LogP contribution in [0.4, 0.5) is 13.2 Å². The molecular formula is C10H11F3N2O4. The minimum absolute atomic E-state index is 0.0257. The molecule has 2 aliphatic rings. The fourth-order valence-corrected chi connectivity index (χ4v) is 2.72. The second-order valence-electron chi connectivity index (χ2n) is 4.58. The minimum Gasteiger partial charge on any atom is -0.480 e. The highest BCUT2D eigenvalue weighted by Crippen LogP contribution is 2.35. The molecule has 2 fully saturated rings. The average Bonchev–Trinajstić information content (AvgIpc) is 2.67. The Bertz CT molecular complexity index is 437. The molecule has 3 atom stereocenters. The molecule has 0 aromatic heterocycles. The van der Waals surface area contributed by atoms with Gasteiger partial charge in [0.05, 0.1) is 0 Å². The lowest BCUT2D eigenvalue weighted by Gasteiger charge is -2.39. The molecule has 2 saturated heterocycles. The number of fused-ring (bicyclic) bond motifs is 1. The van der Waals surface area contributed by atoms with Crippen LogP contribution in [0.3, 0.4) is 0 Å². The first-order valence-electron chi connectivity index (χ1n) is 5.62. The molecule has 0 radical (unpaired) electrons. The lowest BCUT2D eigenvalue weighted by Crippen LogP contribution is -2.58. The van der Waals surface area contributed by atoms with Crippen LogP contribution < -0.4 is 5.32 Å². The predicted octanol–water partition coefficient (Wildman–Crippen LogP) is -0.404. The number of likely N-dealkylation sites (tertiary alicyclic amines) is 1. The van der Waals surface area contributed by atoms with Crippen molar-refractivity contribution in [3.05, 3.63) is 0 Å². The number of carbonyl (C=O) groups is 3. The number of carbonyl (C=O) groups excluding carboxylic acids is 2. The molecule has 0 spiro atoms. The van der Waals surface area contributed by atoms with Gasteiger partial charge in [0.1, 0.15) is 6.04 Å². The van der Waals surface area contributed by atoms with Crippen LogP contribution in [0.1, 0.15) is 6.42 Å². The van der Waals surface area contributed by atoms with E-state index < -0.39 is 35.9 Å². The van der Waals surface area contributed by atoms with Crippen molar-refractivity contribution in [1.29, 1.82) is 0 Å². The molecule has 9 heteroatoms. The van der Waals surface area contributed by atoms with Gasteiger partial charge in [-0.05, 0) is 6.42 Å². The van der Waals surface area contributed by atoms with Crippen molar-refractivity contribution in [2.45, 2.75) is 18.6 Å². The topological polar surface area (TPSA) is 86.7 Å². The van der Waals surface area contributed by atoms with Crippen molar-refractivity contribution in [1.82, 2.24) is 10.2 Å². The zero-order valence-corrected chi connectivity index (χ0v) is 9.61. The molecule has 2 aliphatic heterocycles. The molecule has 0 aliphatic carbocycles. The molecule has 6 nitrogen and oxygen atoms in total. The number of rotatable bonds is 1. The van der Waals surface area contributed by atoms with Gasteiger partial charge in [-0.1, -0.05) is 0 Å². The van der Waals surface area contributed by atoms with Crippen LogP contribution in [-0.2, 0) is 14.4 Å². The quantitative estimate of drug-likeness (QED) is 0.684. The van der Waals surface area contributed by atoms with Crippen molar-refractivity contribution in [2.24, 2.45) is 11.8 Å². The van der Waals surface area contributed by atoms with E-state index >= 15 is 0 Å². The standard InChI is InChI=1S/C10H11F3N2O4/c11-10(12,13)9(19)15-2-1-4-5(3-14-7(4)16)6(15)8(17)18/h4-6H,1-3H2,(H,14,16)(H,17,18). The first-order chi connectivity index (χ1) is 8.73. The highest BCUT2D eigenvalue weighted by Gasteiger charge is 2.54. The normalized spacial score (nSPS) is 30.8. The Balaban J connectivity index is 2.28. The second kappa shape index (κ2) is 4.39. The monoisotopic (exact) mass is 280 g/mol. The van der Waals surface area contributed by atoms with Crippen molar-refractivity contribution in [2.75, 3.05) is 13.1 Å². The summed E-state index contributed by atoms with van der Waals surface area (Å²) < 4.78 is 37.3. The summed E-state index contributed by atoms with van der Waals surface area (Å²) in [5, 5.41) is 11.5. The van der Waals surface area contributed by atoms with Crippen LogP contribution in [0.15, 0.2) is 0 Å². The number of piperidine rings is 1. The maximum absolute atomic E-state index is 12.4. The summed E-state index contributed by atoms with van der Waals surface area (Å²) in [5.74, 6) is -5.51. The summed E-state index contributed by atoms with van der Waals surface area (Å²) in [4.78, 5) is 34.1. The summed E-state index contributed by atoms with van der Waals surface area (Å²) in [5.41, 5.74) is 0. The minimum atomic E-state index is -5.11. The number of nitrogens with zero attached hydrogens (tertiary/aromatic N) is 1. The summed E-state index contributed by atoms with van der Waals surface area (Å²) in [7, 11) is 0. The molecule has 2 heterocycles. The van der Waals surface area contributed by atoms with Gasteiger partial charge in [-0.15, -0.1) is 0 Å². The molecule has 0 bridgehead atoms. The van der Waals surface area contributed by atoms with Gasteiger partial charge in [0.2, 0.25) is 5.91 Å². The molecule has 2 N–H and O–H groups in total. The number of hydrogen-bond donors (Lipinski definition) is 2. The van der Waals surface area contributed by atoms with Gasteiger partial charge in [-0.3, -0.25) is 9.59 Å². The Morgan fingerprint density at radius 1 is 1.37 bits per heavy atom. The van der Waals surface area contributed by atoms with E-state index in [1.165, 1.54) is 0 Å². The van der Waals surface area contributed by atoms with E-state index in [9.17, 15) is 27.6 Å². The maximum atomic E-state index is 12.4. The SMILES string of the molecule is O=C1NCC2C1CCN(C(=O)C(F)(F)F)C2C(=O)O. The number of alkyl halides is 3. The van der Waals surface area contributed by atoms with Crippen LogP contribution in [0.5, 0.6) is 0 Å². The van der Waals surface area contributed by atoms with Gasteiger partial charge in [0, 0.05) is 24.9 Å². The first-order valence-corrected chi connectivity index (χ1v) is 5.62. The van der Waals surface area contributed by atoms with E-state index in [4.69, 9.17) is 5.11 Å². The van der Waals surface area contributed by atoms with Gasteiger partial charge in [0.15, 0.2) is 0 Å². The Kier molecular flexibility index (Phi) is 3.15. The lowest BCUT2D eigenvalue weighted by atomic mass is 9.81. The number of amides is 2. The molecule has 19 heavy (non-hydrogen) atoms. The maximum Gasteiger partial charge on any atom is 0.471 e. The highest BCUT2D eigenvalue weighted by molar-refractivity contribution is 5.90. The van der Waals surface area contributed by atoms with E-state index in [0.717, 1.165) is 0 Å².